The van der Waals surface area contributed by atoms with E-state index in [0.717, 1.165) is 3.57 Å². The van der Waals surface area contributed by atoms with Gasteiger partial charge in [0.05, 0.1) is 6.61 Å². The number of esters is 1. The van der Waals surface area contributed by atoms with Crippen LogP contribution in [0.4, 0.5) is 4.39 Å². The highest BCUT2D eigenvalue weighted by molar-refractivity contribution is 14.1. The van der Waals surface area contributed by atoms with Gasteiger partial charge in [0, 0.05) is 3.57 Å². The highest BCUT2D eigenvalue weighted by Gasteiger charge is 2.15. The van der Waals surface area contributed by atoms with E-state index in [9.17, 15) is 9.18 Å². The molecule has 0 aliphatic rings. The molecule has 5 heteroatoms. The zero-order chi connectivity index (χ0) is 12.1. The summed E-state index contributed by atoms with van der Waals surface area (Å²) in [6.45, 7) is 2.02. The zero-order valence-corrected chi connectivity index (χ0v) is 11.0. The largest absolute Gasteiger partial charge is 0.465 e. The Kier molecular flexibility index (Phi) is 5.14. The van der Waals surface area contributed by atoms with Gasteiger partial charge in [-0.05, 0) is 59.7 Å². The van der Waals surface area contributed by atoms with E-state index in [1.807, 2.05) is 22.6 Å². The van der Waals surface area contributed by atoms with E-state index >= 15 is 0 Å². The second kappa shape index (κ2) is 6.15. The smallest absolute Gasteiger partial charge is 0.323 e. The maximum atomic E-state index is 13.1. The number of rotatable bonds is 4. The number of hydrogen-bond acceptors (Lipinski definition) is 3. The van der Waals surface area contributed by atoms with Crippen LogP contribution in [0, 0.1) is 9.39 Å². The summed E-state index contributed by atoms with van der Waals surface area (Å²) in [4.78, 5) is 11.3. The summed E-state index contributed by atoms with van der Waals surface area (Å²) in [5.41, 5.74) is 6.34. The van der Waals surface area contributed by atoms with Gasteiger partial charge in [0.2, 0.25) is 0 Å². The minimum atomic E-state index is -0.738. The number of carbonyl (C=O) groups is 1. The first-order valence-corrected chi connectivity index (χ1v) is 5.98. The summed E-state index contributed by atoms with van der Waals surface area (Å²) < 4.78 is 18.6. The molecule has 0 saturated carbocycles. The normalized spacial score (nSPS) is 12.2. The molecular weight excluding hydrogens is 324 g/mol. The van der Waals surface area contributed by atoms with Crippen molar-refractivity contribution in [1.29, 1.82) is 0 Å². The lowest BCUT2D eigenvalue weighted by Crippen LogP contribution is -2.34. The third-order valence-electron chi connectivity index (χ3n) is 1.97. The van der Waals surface area contributed by atoms with Crippen molar-refractivity contribution in [3.8, 4) is 0 Å². The van der Waals surface area contributed by atoms with Crippen molar-refractivity contribution in [1.82, 2.24) is 0 Å². The van der Waals surface area contributed by atoms with Crippen molar-refractivity contribution in [3.63, 3.8) is 0 Å². The van der Waals surface area contributed by atoms with Crippen molar-refractivity contribution >= 4 is 28.6 Å². The van der Waals surface area contributed by atoms with Gasteiger partial charge < -0.3 is 10.5 Å². The number of ether oxygens (including phenoxy) is 1. The van der Waals surface area contributed by atoms with Crippen molar-refractivity contribution in [2.75, 3.05) is 6.61 Å². The van der Waals surface area contributed by atoms with Crippen molar-refractivity contribution < 1.29 is 13.9 Å². The van der Waals surface area contributed by atoms with Crippen LogP contribution < -0.4 is 5.73 Å². The summed E-state index contributed by atoms with van der Waals surface area (Å²) in [6, 6.07) is 3.85. The average Bonchev–Trinajstić information content (AvgIpc) is 2.16. The molecule has 0 aliphatic heterocycles. The van der Waals surface area contributed by atoms with E-state index < -0.39 is 12.0 Å². The first kappa shape index (κ1) is 13.4. The van der Waals surface area contributed by atoms with E-state index in [2.05, 4.69) is 0 Å². The fraction of sp³-hybridized carbons (Fsp3) is 0.364. The molecule has 1 aromatic rings. The van der Waals surface area contributed by atoms with Gasteiger partial charge in [-0.1, -0.05) is 0 Å². The maximum absolute atomic E-state index is 13.1. The molecule has 0 radical (unpaired) electrons. The summed E-state index contributed by atoms with van der Waals surface area (Å²) in [5, 5.41) is 0. The van der Waals surface area contributed by atoms with E-state index in [1.54, 1.807) is 13.0 Å². The molecular formula is C11H13FINO2. The Morgan fingerprint density at radius 2 is 2.25 bits per heavy atom. The molecule has 3 nitrogen and oxygen atoms in total. The van der Waals surface area contributed by atoms with E-state index in [4.69, 9.17) is 10.5 Å². The molecule has 16 heavy (non-hydrogen) atoms. The SMILES string of the molecule is CCOC(=O)C(N)Cc1cc(F)cc(I)c1. The average molecular weight is 337 g/mol. The molecule has 88 valence electrons. The van der Waals surface area contributed by atoms with Gasteiger partial charge in [0.15, 0.2) is 0 Å². The number of carbonyl (C=O) groups excluding carboxylic acids is 1. The second-order valence-electron chi connectivity index (χ2n) is 3.34. The van der Waals surface area contributed by atoms with E-state index in [-0.39, 0.29) is 12.2 Å². The molecule has 0 fully saturated rings. The fourth-order valence-corrected chi connectivity index (χ4v) is 2.01. The minimum absolute atomic E-state index is 0.284. The fourth-order valence-electron chi connectivity index (χ4n) is 1.32. The molecule has 1 rings (SSSR count). The third-order valence-corrected chi connectivity index (χ3v) is 2.59. The number of nitrogens with two attached hydrogens (primary N) is 1. The van der Waals surface area contributed by atoms with Crippen LogP contribution in [0.25, 0.3) is 0 Å². The van der Waals surface area contributed by atoms with E-state index in [0.29, 0.717) is 12.2 Å². The van der Waals surface area contributed by atoms with Crippen LogP contribution in [0.15, 0.2) is 18.2 Å². The molecule has 0 saturated heterocycles. The molecule has 0 heterocycles. The molecule has 0 bridgehead atoms. The molecule has 0 spiro atoms. The standard InChI is InChI=1S/C11H13FINO2/c1-2-16-11(15)10(14)5-7-3-8(12)6-9(13)4-7/h3-4,6,10H,2,5,14H2,1H3. The number of benzene rings is 1. The van der Waals surface area contributed by atoms with Gasteiger partial charge >= 0.3 is 5.97 Å². The molecule has 1 unspecified atom stereocenters. The van der Waals surface area contributed by atoms with Gasteiger partial charge in [-0.15, -0.1) is 0 Å². The lowest BCUT2D eigenvalue weighted by Gasteiger charge is -2.10. The van der Waals surface area contributed by atoms with Crippen LogP contribution in [0.1, 0.15) is 12.5 Å². The quantitative estimate of drug-likeness (QED) is 0.674. The molecule has 0 aromatic heterocycles. The highest BCUT2D eigenvalue weighted by atomic mass is 127. The van der Waals surface area contributed by atoms with Gasteiger partial charge in [0.25, 0.3) is 0 Å². The van der Waals surface area contributed by atoms with Crippen molar-refractivity contribution in [3.05, 3.63) is 33.1 Å². The molecule has 1 atom stereocenters. The Morgan fingerprint density at radius 3 is 2.81 bits per heavy atom. The number of halogens is 2. The van der Waals surface area contributed by atoms with Crippen LogP contribution in [-0.4, -0.2) is 18.6 Å². The molecule has 0 aliphatic carbocycles. The zero-order valence-electron chi connectivity index (χ0n) is 8.87. The lowest BCUT2D eigenvalue weighted by molar-refractivity contribution is -0.144. The van der Waals surface area contributed by atoms with Crippen molar-refractivity contribution in [2.24, 2.45) is 5.73 Å². The summed E-state index contributed by atoms with van der Waals surface area (Å²) >= 11 is 2.01. The third kappa shape index (κ3) is 4.05. The van der Waals surface area contributed by atoms with Gasteiger partial charge in [-0.3, -0.25) is 4.79 Å². The van der Waals surface area contributed by atoms with Gasteiger partial charge in [-0.25, -0.2) is 4.39 Å². The molecule has 1 aromatic carbocycles. The predicted octanol–water partition coefficient (Wildman–Crippen LogP) is 1.86. The second-order valence-corrected chi connectivity index (χ2v) is 4.59. The number of hydrogen-bond donors (Lipinski definition) is 1. The Balaban J connectivity index is 2.69. The summed E-state index contributed by atoms with van der Waals surface area (Å²) in [6.07, 6.45) is 0.284. The Bertz CT molecular complexity index is 364. The van der Waals surface area contributed by atoms with Gasteiger partial charge in [-0.2, -0.15) is 0 Å². The van der Waals surface area contributed by atoms with Crippen LogP contribution in [0.3, 0.4) is 0 Å². The summed E-state index contributed by atoms with van der Waals surface area (Å²) in [5.74, 6) is -0.778. The Labute approximate surface area is 107 Å². The molecule has 0 amide bonds. The van der Waals surface area contributed by atoms with Crippen LogP contribution in [0.5, 0.6) is 0 Å². The topological polar surface area (TPSA) is 52.3 Å². The van der Waals surface area contributed by atoms with E-state index in [1.165, 1.54) is 12.1 Å². The lowest BCUT2D eigenvalue weighted by atomic mass is 10.1. The maximum Gasteiger partial charge on any atom is 0.323 e. The monoisotopic (exact) mass is 337 g/mol. The van der Waals surface area contributed by atoms with Crippen LogP contribution in [-0.2, 0) is 16.0 Å². The Hall–Kier alpha value is -0.690. The van der Waals surface area contributed by atoms with Gasteiger partial charge in [0.1, 0.15) is 11.9 Å². The minimum Gasteiger partial charge on any atom is -0.465 e. The first-order chi connectivity index (χ1) is 7.52. The Morgan fingerprint density at radius 1 is 1.56 bits per heavy atom. The van der Waals surface area contributed by atoms with Crippen LogP contribution >= 0.6 is 22.6 Å². The first-order valence-electron chi connectivity index (χ1n) is 4.90. The highest BCUT2D eigenvalue weighted by Crippen LogP contribution is 2.13. The molecule has 2 N–H and O–H groups in total. The predicted molar refractivity (Wildman–Crippen MR) is 67.4 cm³/mol. The van der Waals surface area contributed by atoms with Crippen molar-refractivity contribution in [2.45, 2.75) is 19.4 Å². The van der Waals surface area contributed by atoms with Crippen LogP contribution in [0.2, 0.25) is 0 Å². The summed E-state index contributed by atoms with van der Waals surface area (Å²) in [7, 11) is 0.